The number of methoxy groups -OCH3 is 2. The molecule has 3 aromatic heterocycles. The fraction of sp³-hybridized carbons (Fsp3) is 0.211. The Kier molecular flexibility index (Phi) is 5.36. The maximum Gasteiger partial charge on any atom is 0.200 e. The summed E-state index contributed by atoms with van der Waals surface area (Å²) in [6.45, 7) is 0. The van der Waals surface area contributed by atoms with Crippen molar-refractivity contribution in [2.75, 3.05) is 14.2 Å². The second-order valence-electron chi connectivity index (χ2n) is 5.84. The molecule has 9 heteroatoms. The molecule has 4 rings (SSSR count). The van der Waals surface area contributed by atoms with Gasteiger partial charge in [0.15, 0.2) is 28.2 Å². The molecule has 1 aromatic carbocycles. The Balaban J connectivity index is 1.47. The first-order valence-electron chi connectivity index (χ1n) is 8.42. The third kappa shape index (κ3) is 3.63. The Morgan fingerprint density at radius 3 is 2.75 bits per heavy atom. The molecule has 7 nitrogen and oxygen atoms in total. The van der Waals surface area contributed by atoms with Gasteiger partial charge in [0.1, 0.15) is 5.01 Å². The summed E-state index contributed by atoms with van der Waals surface area (Å²) in [5.41, 5.74) is 1.99. The number of aromatic nitrogens is 4. The predicted molar refractivity (Wildman–Crippen MR) is 109 cm³/mol. The summed E-state index contributed by atoms with van der Waals surface area (Å²) in [7, 11) is 5.18. The van der Waals surface area contributed by atoms with Gasteiger partial charge in [-0.15, -0.1) is 21.5 Å². The van der Waals surface area contributed by atoms with Crippen molar-refractivity contribution in [3.8, 4) is 33.7 Å². The highest BCUT2D eigenvalue weighted by atomic mass is 32.2. The van der Waals surface area contributed by atoms with Crippen molar-refractivity contribution >= 4 is 23.1 Å². The fourth-order valence-electron chi connectivity index (χ4n) is 2.67. The van der Waals surface area contributed by atoms with Crippen LogP contribution >= 0.6 is 23.1 Å². The van der Waals surface area contributed by atoms with E-state index in [4.69, 9.17) is 18.9 Å². The summed E-state index contributed by atoms with van der Waals surface area (Å²) in [6.07, 6.45) is 1.63. The lowest BCUT2D eigenvalue weighted by atomic mass is 10.2. The lowest BCUT2D eigenvalue weighted by molar-refractivity contribution is 0.355. The SMILES string of the molecule is COc1ccc(-c2nc(CSc3nnc(-c4ccco4)n3C)cs2)cc1OC. The molecule has 0 saturated carbocycles. The lowest BCUT2D eigenvalue weighted by Crippen LogP contribution is -1.94. The Morgan fingerprint density at radius 1 is 1.14 bits per heavy atom. The Bertz CT molecular complexity index is 1070. The van der Waals surface area contributed by atoms with Crippen LogP contribution in [0.1, 0.15) is 5.69 Å². The molecule has 0 spiro atoms. The molecule has 0 aliphatic rings. The van der Waals surface area contributed by atoms with E-state index in [0.717, 1.165) is 21.4 Å². The van der Waals surface area contributed by atoms with Crippen LogP contribution in [0.3, 0.4) is 0 Å². The molecule has 0 N–H and O–H groups in total. The number of benzene rings is 1. The molecular formula is C19H18N4O3S2. The van der Waals surface area contributed by atoms with Gasteiger partial charge in [0.2, 0.25) is 0 Å². The monoisotopic (exact) mass is 414 g/mol. The number of ether oxygens (including phenoxy) is 2. The molecule has 0 aliphatic heterocycles. The van der Waals surface area contributed by atoms with Crippen LogP contribution in [0.5, 0.6) is 11.5 Å². The van der Waals surface area contributed by atoms with Gasteiger partial charge in [-0.2, -0.15) is 0 Å². The first-order chi connectivity index (χ1) is 13.7. The van der Waals surface area contributed by atoms with E-state index in [1.54, 1.807) is 43.6 Å². The molecule has 0 radical (unpaired) electrons. The van der Waals surface area contributed by atoms with Gasteiger partial charge >= 0.3 is 0 Å². The molecule has 0 unspecified atom stereocenters. The minimum atomic E-state index is 0.690. The van der Waals surface area contributed by atoms with Gasteiger partial charge in [0.05, 0.1) is 26.2 Å². The Hall–Kier alpha value is -2.78. The van der Waals surface area contributed by atoms with Crippen LogP contribution in [0.4, 0.5) is 0 Å². The quantitative estimate of drug-likeness (QED) is 0.412. The molecule has 0 bridgehead atoms. The molecule has 0 amide bonds. The highest BCUT2D eigenvalue weighted by Crippen LogP contribution is 2.34. The van der Waals surface area contributed by atoms with Gasteiger partial charge in [-0.05, 0) is 30.3 Å². The van der Waals surface area contributed by atoms with E-state index in [1.165, 1.54) is 0 Å². The van der Waals surface area contributed by atoms with E-state index in [1.807, 2.05) is 41.9 Å². The van der Waals surface area contributed by atoms with Crippen LogP contribution in [0.25, 0.3) is 22.2 Å². The number of rotatable bonds is 7. The number of thiazole rings is 1. The summed E-state index contributed by atoms with van der Waals surface area (Å²) in [6, 6.07) is 9.51. The largest absolute Gasteiger partial charge is 0.493 e. The van der Waals surface area contributed by atoms with Gasteiger partial charge in [0.25, 0.3) is 0 Å². The Labute approximate surface area is 170 Å². The number of furan rings is 1. The molecule has 0 saturated heterocycles. The van der Waals surface area contributed by atoms with Gasteiger partial charge in [-0.3, -0.25) is 0 Å². The average Bonchev–Trinajstić information content (AvgIpc) is 3.47. The van der Waals surface area contributed by atoms with Crippen molar-refractivity contribution in [2.24, 2.45) is 7.05 Å². The van der Waals surface area contributed by atoms with Crippen molar-refractivity contribution in [3.05, 3.63) is 47.7 Å². The first kappa shape index (κ1) is 18.6. The summed E-state index contributed by atoms with van der Waals surface area (Å²) in [5.74, 6) is 3.50. The smallest absolute Gasteiger partial charge is 0.200 e. The highest BCUT2D eigenvalue weighted by Gasteiger charge is 2.14. The molecule has 4 aromatic rings. The number of thioether (sulfide) groups is 1. The Morgan fingerprint density at radius 2 is 2.00 bits per heavy atom. The van der Waals surface area contributed by atoms with Crippen LogP contribution in [0.15, 0.2) is 51.5 Å². The van der Waals surface area contributed by atoms with Crippen molar-refractivity contribution in [2.45, 2.75) is 10.9 Å². The van der Waals surface area contributed by atoms with Crippen molar-refractivity contribution in [1.82, 2.24) is 19.7 Å². The van der Waals surface area contributed by atoms with Crippen molar-refractivity contribution < 1.29 is 13.9 Å². The van der Waals surface area contributed by atoms with E-state index in [0.29, 0.717) is 28.8 Å². The molecule has 0 fully saturated rings. The molecule has 144 valence electrons. The predicted octanol–water partition coefficient (Wildman–Crippen LogP) is 4.51. The standard InChI is InChI=1S/C19H18N4O3S2/c1-23-17(15-5-4-8-26-15)21-22-19(23)28-11-13-10-27-18(20-13)12-6-7-14(24-2)16(9-12)25-3/h4-10H,11H2,1-3H3. The fourth-order valence-corrected chi connectivity index (χ4v) is 4.40. The topological polar surface area (TPSA) is 75.2 Å². The highest BCUT2D eigenvalue weighted by molar-refractivity contribution is 7.98. The second kappa shape index (κ2) is 8.07. The van der Waals surface area contributed by atoms with Crippen LogP contribution in [0.2, 0.25) is 0 Å². The molecular weight excluding hydrogens is 396 g/mol. The number of hydrogen-bond acceptors (Lipinski definition) is 8. The summed E-state index contributed by atoms with van der Waals surface area (Å²) < 4.78 is 18.0. The summed E-state index contributed by atoms with van der Waals surface area (Å²) >= 11 is 3.19. The molecule has 0 atom stereocenters. The van der Waals surface area contributed by atoms with Crippen LogP contribution < -0.4 is 9.47 Å². The van der Waals surface area contributed by atoms with E-state index < -0.39 is 0 Å². The van der Waals surface area contributed by atoms with Gasteiger partial charge in [-0.1, -0.05) is 11.8 Å². The van der Waals surface area contributed by atoms with Gasteiger partial charge < -0.3 is 18.5 Å². The lowest BCUT2D eigenvalue weighted by Gasteiger charge is -2.08. The minimum absolute atomic E-state index is 0.690. The molecule has 0 aliphatic carbocycles. The third-order valence-electron chi connectivity index (χ3n) is 4.11. The zero-order chi connectivity index (χ0) is 19.5. The number of hydrogen-bond donors (Lipinski definition) is 0. The number of nitrogens with zero attached hydrogens (tertiary/aromatic N) is 4. The van der Waals surface area contributed by atoms with E-state index in [9.17, 15) is 0 Å². The van der Waals surface area contributed by atoms with Crippen molar-refractivity contribution in [3.63, 3.8) is 0 Å². The maximum absolute atomic E-state index is 5.40. The van der Waals surface area contributed by atoms with Gasteiger partial charge in [-0.25, -0.2) is 4.98 Å². The average molecular weight is 415 g/mol. The van der Waals surface area contributed by atoms with Crippen LogP contribution in [-0.2, 0) is 12.8 Å². The maximum atomic E-state index is 5.40. The first-order valence-corrected chi connectivity index (χ1v) is 10.3. The van der Waals surface area contributed by atoms with E-state index >= 15 is 0 Å². The van der Waals surface area contributed by atoms with Gasteiger partial charge in [0, 0.05) is 23.7 Å². The van der Waals surface area contributed by atoms with Crippen molar-refractivity contribution in [1.29, 1.82) is 0 Å². The van der Waals surface area contributed by atoms with Crippen LogP contribution in [-0.4, -0.2) is 34.0 Å². The summed E-state index contributed by atoms with van der Waals surface area (Å²) in [4.78, 5) is 4.74. The third-order valence-corrected chi connectivity index (χ3v) is 6.10. The van der Waals surface area contributed by atoms with E-state index in [2.05, 4.69) is 15.6 Å². The van der Waals surface area contributed by atoms with E-state index in [-0.39, 0.29) is 0 Å². The molecule has 3 heterocycles. The zero-order valence-electron chi connectivity index (χ0n) is 15.6. The normalized spacial score (nSPS) is 11.0. The second-order valence-corrected chi connectivity index (χ2v) is 7.65. The zero-order valence-corrected chi connectivity index (χ0v) is 17.2. The molecule has 28 heavy (non-hydrogen) atoms. The minimum Gasteiger partial charge on any atom is -0.493 e. The van der Waals surface area contributed by atoms with Crippen LogP contribution in [0, 0.1) is 0 Å². The summed E-state index contributed by atoms with van der Waals surface area (Å²) in [5, 5.41) is 12.3.